The van der Waals surface area contributed by atoms with Gasteiger partial charge in [0.05, 0.1) is 0 Å². The van der Waals surface area contributed by atoms with Crippen molar-refractivity contribution in [2.75, 3.05) is 0 Å². The summed E-state index contributed by atoms with van der Waals surface area (Å²) in [7, 11) is 0. The first-order valence-corrected chi connectivity index (χ1v) is 6.42. The van der Waals surface area contributed by atoms with Gasteiger partial charge in [0.15, 0.2) is 0 Å². The molecule has 1 aliphatic rings. The van der Waals surface area contributed by atoms with Gasteiger partial charge in [-0.1, -0.05) is 12.1 Å². The quantitative estimate of drug-likeness (QED) is 0.847. The lowest BCUT2D eigenvalue weighted by Crippen LogP contribution is -2.38. The fourth-order valence-corrected chi connectivity index (χ4v) is 2.49. The van der Waals surface area contributed by atoms with Crippen LogP contribution in [0.1, 0.15) is 44.2 Å². The molecule has 0 bridgehead atoms. The van der Waals surface area contributed by atoms with E-state index in [2.05, 4.69) is 12.2 Å². The summed E-state index contributed by atoms with van der Waals surface area (Å²) in [6, 6.07) is 7.94. The molecule has 0 radical (unpaired) electrons. The van der Waals surface area contributed by atoms with Gasteiger partial charge in [0, 0.05) is 18.1 Å². The minimum absolute atomic E-state index is 0.176. The van der Waals surface area contributed by atoms with Crippen LogP contribution in [0.15, 0.2) is 24.3 Å². The summed E-state index contributed by atoms with van der Waals surface area (Å²) in [5.74, 6) is -0.176. The Bertz CT molecular complexity index is 342. The monoisotopic (exact) mass is 236 g/mol. The fourth-order valence-electron chi connectivity index (χ4n) is 2.49. The summed E-state index contributed by atoms with van der Waals surface area (Å²) in [6.07, 6.45) is 4.50. The fraction of sp³-hybridized carbons (Fsp3) is 0.571. The second-order valence-corrected chi connectivity index (χ2v) is 5.05. The molecule has 94 valence electrons. The second-order valence-electron chi connectivity index (χ2n) is 5.05. The van der Waals surface area contributed by atoms with E-state index in [1.807, 2.05) is 12.1 Å². The predicted octanol–water partition coefficient (Wildman–Crippen LogP) is 2.75. The van der Waals surface area contributed by atoms with E-state index in [4.69, 9.17) is 5.73 Å². The molecule has 3 N–H and O–H groups in total. The molecule has 0 saturated heterocycles. The minimum atomic E-state index is -0.176. The Kier molecular flexibility index (Phi) is 4.13. The summed E-state index contributed by atoms with van der Waals surface area (Å²) in [5.41, 5.74) is 7.03. The van der Waals surface area contributed by atoms with E-state index in [0.717, 1.165) is 31.2 Å². The summed E-state index contributed by atoms with van der Waals surface area (Å²) in [5, 5.41) is 3.60. The van der Waals surface area contributed by atoms with E-state index in [1.54, 1.807) is 0 Å². The third-order valence-corrected chi connectivity index (χ3v) is 3.63. The van der Waals surface area contributed by atoms with Crippen LogP contribution < -0.4 is 11.1 Å². The largest absolute Gasteiger partial charge is 0.328 e. The van der Waals surface area contributed by atoms with Crippen LogP contribution >= 0.6 is 0 Å². The average Bonchev–Trinajstić information content (AvgIpc) is 2.33. The zero-order valence-corrected chi connectivity index (χ0v) is 10.3. The summed E-state index contributed by atoms with van der Waals surface area (Å²) in [4.78, 5) is 0. The third-order valence-electron chi connectivity index (χ3n) is 3.63. The van der Waals surface area contributed by atoms with Gasteiger partial charge in [-0.25, -0.2) is 4.39 Å². The molecule has 0 amide bonds. The van der Waals surface area contributed by atoms with Gasteiger partial charge in [-0.3, -0.25) is 0 Å². The van der Waals surface area contributed by atoms with Gasteiger partial charge < -0.3 is 11.1 Å². The number of halogens is 1. The molecule has 2 nitrogen and oxygen atoms in total. The molecule has 1 atom stereocenters. The Hall–Kier alpha value is -0.930. The normalized spacial score (nSPS) is 26.8. The molecule has 0 unspecified atom stereocenters. The lowest BCUT2D eigenvalue weighted by Gasteiger charge is -2.29. The highest BCUT2D eigenvalue weighted by atomic mass is 19.1. The maximum absolute atomic E-state index is 12.8. The van der Waals surface area contributed by atoms with Crippen molar-refractivity contribution in [1.29, 1.82) is 0 Å². The number of benzene rings is 1. The first-order chi connectivity index (χ1) is 8.15. The van der Waals surface area contributed by atoms with Gasteiger partial charge in [0.1, 0.15) is 5.82 Å². The Labute approximate surface area is 102 Å². The van der Waals surface area contributed by atoms with E-state index < -0.39 is 0 Å². The lowest BCUT2D eigenvalue weighted by atomic mass is 9.91. The molecule has 1 aromatic carbocycles. The molecule has 1 aromatic rings. The van der Waals surface area contributed by atoms with Crippen LogP contribution in [0.5, 0.6) is 0 Å². The standard InChI is InChI=1S/C14H21FN2/c1-10(11-2-4-12(15)5-3-11)17-14-8-6-13(16)7-9-14/h2-5,10,13-14,17H,6-9,16H2,1H3/t10-,13?,14?/m1/s1. The van der Waals surface area contributed by atoms with Crippen molar-refractivity contribution < 1.29 is 4.39 Å². The van der Waals surface area contributed by atoms with Gasteiger partial charge in [-0.15, -0.1) is 0 Å². The molecule has 3 heteroatoms. The van der Waals surface area contributed by atoms with Gasteiger partial charge in [-0.05, 0) is 50.3 Å². The Morgan fingerprint density at radius 3 is 2.35 bits per heavy atom. The molecule has 1 saturated carbocycles. The molecule has 0 aromatic heterocycles. The van der Waals surface area contributed by atoms with Crippen molar-refractivity contribution in [2.24, 2.45) is 5.73 Å². The Morgan fingerprint density at radius 1 is 1.18 bits per heavy atom. The lowest BCUT2D eigenvalue weighted by molar-refractivity contribution is 0.322. The van der Waals surface area contributed by atoms with Crippen LogP contribution in [0.25, 0.3) is 0 Å². The molecular weight excluding hydrogens is 215 g/mol. The molecule has 2 rings (SSSR count). The van der Waals surface area contributed by atoms with Crippen LogP contribution in [0, 0.1) is 5.82 Å². The Morgan fingerprint density at radius 2 is 1.76 bits per heavy atom. The van der Waals surface area contributed by atoms with Gasteiger partial charge in [0.25, 0.3) is 0 Å². The SMILES string of the molecule is C[C@@H](NC1CCC(N)CC1)c1ccc(F)cc1. The molecule has 0 heterocycles. The zero-order chi connectivity index (χ0) is 12.3. The maximum Gasteiger partial charge on any atom is 0.123 e. The highest BCUT2D eigenvalue weighted by Gasteiger charge is 2.20. The number of nitrogens with one attached hydrogen (secondary N) is 1. The maximum atomic E-state index is 12.8. The van der Waals surface area contributed by atoms with Crippen LogP contribution in [0.2, 0.25) is 0 Å². The summed E-state index contributed by atoms with van der Waals surface area (Å²) >= 11 is 0. The van der Waals surface area contributed by atoms with Crippen LogP contribution in [-0.4, -0.2) is 12.1 Å². The first-order valence-electron chi connectivity index (χ1n) is 6.42. The van der Waals surface area contributed by atoms with Crippen LogP contribution in [0.3, 0.4) is 0 Å². The first kappa shape index (κ1) is 12.5. The molecule has 17 heavy (non-hydrogen) atoms. The average molecular weight is 236 g/mol. The number of nitrogens with two attached hydrogens (primary N) is 1. The van der Waals surface area contributed by atoms with Crippen molar-refractivity contribution >= 4 is 0 Å². The summed E-state index contributed by atoms with van der Waals surface area (Å²) < 4.78 is 12.8. The van der Waals surface area contributed by atoms with E-state index in [1.165, 1.54) is 12.1 Å². The molecule has 0 spiro atoms. The molecule has 1 fully saturated rings. The topological polar surface area (TPSA) is 38.0 Å². The number of hydrogen-bond donors (Lipinski definition) is 2. The Balaban J connectivity index is 1.88. The van der Waals surface area contributed by atoms with E-state index in [-0.39, 0.29) is 11.9 Å². The zero-order valence-electron chi connectivity index (χ0n) is 10.3. The van der Waals surface area contributed by atoms with Crippen molar-refractivity contribution in [3.05, 3.63) is 35.6 Å². The van der Waals surface area contributed by atoms with E-state index in [0.29, 0.717) is 12.1 Å². The number of rotatable bonds is 3. The molecule has 0 aliphatic heterocycles. The summed E-state index contributed by atoms with van der Waals surface area (Å²) in [6.45, 7) is 2.13. The van der Waals surface area contributed by atoms with Crippen molar-refractivity contribution in [1.82, 2.24) is 5.32 Å². The molecular formula is C14H21FN2. The third kappa shape index (κ3) is 3.51. The van der Waals surface area contributed by atoms with Crippen molar-refractivity contribution in [3.63, 3.8) is 0 Å². The van der Waals surface area contributed by atoms with Crippen LogP contribution in [-0.2, 0) is 0 Å². The smallest absolute Gasteiger partial charge is 0.123 e. The highest BCUT2D eigenvalue weighted by Crippen LogP contribution is 2.21. The van der Waals surface area contributed by atoms with E-state index >= 15 is 0 Å². The minimum Gasteiger partial charge on any atom is -0.328 e. The predicted molar refractivity (Wildman–Crippen MR) is 68.2 cm³/mol. The highest BCUT2D eigenvalue weighted by molar-refractivity contribution is 5.19. The second kappa shape index (κ2) is 5.61. The van der Waals surface area contributed by atoms with Gasteiger partial charge in [0.2, 0.25) is 0 Å². The van der Waals surface area contributed by atoms with E-state index in [9.17, 15) is 4.39 Å². The van der Waals surface area contributed by atoms with Crippen molar-refractivity contribution in [2.45, 2.75) is 50.7 Å². The number of hydrogen-bond acceptors (Lipinski definition) is 2. The van der Waals surface area contributed by atoms with Crippen molar-refractivity contribution in [3.8, 4) is 0 Å². The molecule has 1 aliphatic carbocycles. The van der Waals surface area contributed by atoms with Gasteiger partial charge >= 0.3 is 0 Å². The van der Waals surface area contributed by atoms with Crippen LogP contribution in [0.4, 0.5) is 4.39 Å². The van der Waals surface area contributed by atoms with Gasteiger partial charge in [-0.2, -0.15) is 0 Å².